The third-order valence-corrected chi connectivity index (χ3v) is 3.26. The van der Waals surface area contributed by atoms with Crippen molar-refractivity contribution in [3.8, 4) is 0 Å². The highest BCUT2D eigenvalue weighted by molar-refractivity contribution is 5.36. The van der Waals surface area contributed by atoms with Crippen LogP contribution in [0.4, 0.5) is 5.69 Å². The van der Waals surface area contributed by atoms with E-state index in [1.54, 1.807) is 0 Å². The van der Waals surface area contributed by atoms with Gasteiger partial charge in [-0.15, -0.1) is 0 Å². The summed E-state index contributed by atoms with van der Waals surface area (Å²) >= 11 is 0. The summed E-state index contributed by atoms with van der Waals surface area (Å²) < 4.78 is 1.29. The third kappa shape index (κ3) is 2.08. The van der Waals surface area contributed by atoms with Crippen LogP contribution in [0.25, 0.3) is 0 Å². The average Bonchev–Trinajstić information content (AvgIpc) is 2.64. The molecule has 0 aromatic carbocycles. The van der Waals surface area contributed by atoms with Crippen LogP contribution in [-0.4, -0.2) is 20.7 Å². The number of pyridine rings is 1. The standard InChI is InChI=1S/C11H14N2O4/c1-7-5-11(15)12(6-9(7)13(16)17)8-3-2-4-10(8)14/h5-6,8,10,14H,2-4H2,1H3/t8-,10-/m0/s1. The molecule has 17 heavy (non-hydrogen) atoms. The fourth-order valence-corrected chi connectivity index (χ4v) is 2.33. The average molecular weight is 238 g/mol. The molecule has 1 aromatic rings. The van der Waals surface area contributed by atoms with Gasteiger partial charge in [-0.3, -0.25) is 14.9 Å². The van der Waals surface area contributed by atoms with Crippen LogP contribution < -0.4 is 5.56 Å². The largest absolute Gasteiger partial charge is 0.391 e. The number of hydrogen-bond acceptors (Lipinski definition) is 4. The lowest BCUT2D eigenvalue weighted by Gasteiger charge is -2.17. The topological polar surface area (TPSA) is 85.4 Å². The van der Waals surface area contributed by atoms with Gasteiger partial charge in [0.25, 0.3) is 11.2 Å². The molecule has 2 atom stereocenters. The van der Waals surface area contributed by atoms with Gasteiger partial charge < -0.3 is 9.67 Å². The highest BCUT2D eigenvalue weighted by Gasteiger charge is 2.28. The molecule has 0 aliphatic heterocycles. The molecule has 1 aliphatic rings. The number of aromatic nitrogens is 1. The van der Waals surface area contributed by atoms with E-state index in [1.807, 2.05) is 0 Å². The lowest BCUT2D eigenvalue weighted by molar-refractivity contribution is -0.386. The zero-order valence-corrected chi connectivity index (χ0v) is 9.50. The van der Waals surface area contributed by atoms with Gasteiger partial charge in [-0.25, -0.2) is 0 Å². The fourth-order valence-electron chi connectivity index (χ4n) is 2.33. The van der Waals surface area contributed by atoms with Crippen LogP contribution in [0.3, 0.4) is 0 Å². The Balaban J connectivity index is 2.50. The van der Waals surface area contributed by atoms with E-state index in [4.69, 9.17) is 0 Å². The monoisotopic (exact) mass is 238 g/mol. The molecule has 0 amide bonds. The smallest absolute Gasteiger partial charge is 0.288 e. The molecule has 1 aliphatic carbocycles. The van der Waals surface area contributed by atoms with Gasteiger partial charge in [0.15, 0.2) is 0 Å². The van der Waals surface area contributed by atoms with Crippen LogP contribution in [0.15, 0.2) is 17.1 Å². The van der Waals surface area contributed by atoms with E-state index >= 15 is 0 Å². The second-order valence-corrected chi connectivity index (χ2v) is 4.41. The van der Waals surface area contributed by atoms with E-state index < -0.39 is 11.0 Å². The van der Waals surface area contributed by atoms with Crippen molar-refractivity contribution < 1.29 is 10.0 Å². The highest BCUT2D eigenvalue weighted by atomic mass is 16.6. The number of nitro groups is 1. The molecular formula is C11H14N2O4. The lowest BCUT2D eigenvalue weighted by Crippen LogP contribution is -2.29. The summed E-state index contributed by atoms with van der Waals surface area (Å²) in [6.07, 6.45) is 2.81. The van der Waals surface area contributed by atoms with E-state index in [-0.39, 0.29) is 17.3 Å². The number of hydrogen-bond donors (Lipinski definition) is 1. The van der Waals surface area contributed by atoms with E-state index in [2.05, 4.69) is 0 Å². The van der Waals surface area contributed by atoms with Crippen molar-refractivity contribution in [1.82, 2.24) is 4.57 Å². The molecule has 92 valence electrons. The predicted octanol–water partition coefficient (Wildman–Crippen LogP) is 1.15. The maximum Gasteiger partial charge on any atom is 0.288 e. The summed E-state index contributed by atoms with van der Waals surface area (Å²) in [7, 11) is 0. The Hall–Kier alpha value is -1.69. The maximum atomic E-state index is 11.8. The minimum Gasteiger partial charge on any atom is -0.391 e. The van der Waals surface area contributed by atoms with E-state index in [1.165, 1.54) is 23.8 Å². The van der Waals surface area contributed by atoms with Gasteiger partial charge in [0.2, 0.25) is 0 Å². The minimum atomic E-state index is -0.588. The first-order chi connectivity index (χ1) is 8.00. The highest BCUT2D eigenvalue weighted by Crippen LogP contribution is 2.30. The first-order valence-electron chi connectivity index (χ1n) is 5.56. The van der Waals surface area contributed by atoms with Gasteiger partial charge in [0, 0.05) is 11.6 Å². The normalized spacial score (nSPS) is 23.9. The molecule has 6 nitrogen and oxygen atoms in total. The van der Waals surface area contributed by atoms with Crippen LogP contribution in [0, 0.1) is 17.0 Å². The molecule has 1 fully saturated rings. The second-order valence-electron chi connectivity index (χ2n) is 4.41. The minimum absolute atomic E-state index is 0.0799. The van der Waals surface area contributed by atoms with Gasteiger partial charge in [-0.1, -0.05) is 0 Å². The molecule has 1 N–H and O–H groups in total. The molecule has 1 saturated carbocycles. The quantitative estimate of drug-likeness (QED) is 0.618. The molecule has 1 heterocycles. The third-order valence-electron chi connectivity index (χ3n) is 3.26. The second kappa shape index (κ2) is 4.29. The molecular weight excluding hydrogens is 224 g/mol. The number of aliphatic hydroxyl groups excluding tert-OH is 1. The number of rotatable bonds is 2. The molecule has 0 unspecified atom stereocenters. The molecule has 6 heteroatoms. The number of aliphatic hydroxyl groups is 1. The summed E-state index contributed by atoms with van der Waals surface area (Å²) in [6, 6.07) is 0.921. The predicted molar refractivity (Wildman–Crippen MR) is 61.0 cm³/mol. The Bertz CT molecular complexity index is 509. The van der Waals surface area contributed by atoms with Crippen molar-refractivity contribution in [2.45, 2.75) is 38.3 Å². The molecule has 1 aromatic heterocycles. The van der Waals surface area contributed by atoms with E-state index in [0.717, 1.165) is 6.42 Å². The lowest BCUT2D eigenvalue weighted by atomic mass is 10.2. The Morgan fingerprint density at radius 2 is 2.24 bits per heavy atom. The van der Waals surface area contributed by atoms with Gasteiger partial charge in [-0.05, 0) is 26.2 Å². The van der Waals surface area contributed by atoms with Crippen LogP contribution in [0.1, 0.15) is 30.9 Å². The van der Waals surface area contributed by atoms with Crippen LogP contribution >= 0.6 is 0 Å². The van der Waals surface area contributed by atoms with Crippen molar-refractivity contribution >= 4 is 5.69 Å². The van der Waals surface area contributed by atoms with Crippen LogP contribution in [0.5, 0.6) is 0 Å². The molecule has 2 rings (SSSR count). The maximum absolute atomic E-state index is 11.8. The molecule has 0 radical (unpaired) electrons. The van der Waals surface area contributed by atoms with Gasteiger partial charge >= 0.3 is 0 Å². The van der Waals surface area contributed by atoms with Gasteiger partial charge in [-0.2, -0.15) is 0 Å². The molecule has 0 spiro atoms. The van der Waals surface area contributed by atoms with Crippen molar-refractivity contribution in [2.24, 2.45) is 0 Å². The molecule has 0 saturated heterocycles. The zero-order valence-electron chi connectivity index (χ0n) is 9.50. The summed E-state index contributed by atoms with van der Waals surface area (Å²) in [5, 5.41) is 20.5. The summed E-state index contributed by atoms with van der Waals surface area (Å²) in [6.45, 7) is 1.54. The summed E-state index contributed by atoms with van der Waals surface area (Å²) in [5.74, 6) is 0. The molecule has 0 bridgehead atoms. The number of aryl methyl sites for hydroxylation is 1. The summed E-state index contributed by atoms with van der Waals surface area (Å²) in [4.78, 5) is 22.1. The Morgan fingerprint density at radius 3 is 2.76 bits per heavy atom. The summed E-state index contributed by atoms with van der Waals surface area (Å²) in [5.41, 5.74) is -0.0218. The van der Waals surface area contributed by atoms with E-state index in [0.29, 0.717) is 18.4 Å². The van der Waals surface area contributed by atoms with Crippen molar-refractivity contribution in [3.05, 3.63) is 38.3 Å². The van der Waals surface area contributed by atoms with Crippen molar-refractivity contribution in [3.63, 3.8) is 0 Å². The Kier molecular flexibility index (Phi) is 2.97. The van der Waals surface area contributed by atoms with E-state index in [9.17, 15) is 20.0 Å². The van der Waals surface area contributed by atoms with Crippen LogP contribution in [0.2, 0.25) is 0 Å². The SMILES string of the molecule is Cc1cc(=O)n([C@H]2CCC[C@@H]2O)cc1[N+](=O)[O-]. The van der Waals surface area contributed by atoms with Crippen LogP contribution in [-0.2, 0) is 0 Å². The van der Waals surface area contributed by atoms with Crippen molar-refractivity contribution in [1.29, 1.82) is 0 Å². The fraction of sp³-hybridized carbons (Fsp3) is 0.545. The number of nitrogens with zero attached hydrogens (tertiary/aromatic N) is 2. The van der Waals surface area contributed by atoms with Crippen molar-refractivity contribution in [2.75, 3.05) is 0 Å². The first-order valence-corrected chi connectivity index (χ1v) is 5.56. The van der Waals surface area contributed by atoms with Gasteiger partial charge in [0.1, 0.15) is 0 Å². The Morgan fingerprint density at radius 1 is 1.53 bits per heavy atom. The Labute approximate surface area is 97.7 Å². The first kappa shape index (κ1) is 11.8. The zero-order chi connectivity index (χ0) is 12.6. The van der Waals surface area contributed by atoms with Gasteiger partial charge in [0.05, 0.1) is 23.3 Å².